The van der Waals surface area contributed by atoms with Crippen molar-refractivity contribution in [2.75, 3.05) is 7.11 Å². The van der Waals surface area contributed by atoms with Gasteiger partial charge in [0.15, 0.2) is 0 Å². The van der Waals surface area contributed by atoms with Gasteiger partial charge in [-0.1, -0.05) is 26.0 Å². The molecule has 2 rings (SSSR count). The summed E-state index contributed by atoms with van der Waals surface area (Å²) in [6.45, 7) is 6.28. The largest absolute Gasteiger partial charge is 0.380 e. The molecular formula is C13H24O. The molecule has 1 atom stereocenters. The SMILES string of the molecule is C.C=C(C)C1(C(OC)C2CCC2)CC1. The van der Waals surface area contributed by atoms with Crippen molar-refractivity contribution in [3.8, 4) is 0 Å². The Morgan fingerprint density at radius 1 is 1.43 bits per heavy atom. The summed E-state index contributed by atoms with van der Waals surface area (Å²) in [5, 5.41) is 0. The van der Waals surface area contributed by atoms with E-state index in [1.54, 1.807) is 0 Å². The van der Waals surface area contributed by atoms with E-state index < -0.39 is 0 Å². The molecule has 0 heterocycles. The van der Waals surface area contributed by atoms with Crippen LogP contribution in [0.3, 0.4) is 0 Å². The Labute approximate surface area is 88.5 Å². The van der Waals surface area contributed by atoms with Crippen molar-refractivity contribution in [3.05, 3.63) is 12.2 Å². The van der Waals surface area contributed by atoms with Gasteiger partial charge < -0.3 is 4.74 Å². The Hall–Kier alpha value is -0.300. The molecular weight excluding hydrogens is 172 g/mol. The fourth-order valence-electron chi connectivity index (χ4n) is 2.70. The van der Waals surface area contributed by atoms with Crippen molar-refractivity contribution < 1.29 is 4.74 Å². The molecule has 82 valence electrons. The number of hydrogen-bond acceptors (Lipinski definition) is 1. The molecule has 0 aliphatic heterocycles. The fourth-order valence-corrected chi connectivity index (χ4v) is 2.70. The zero-order valence-corrected chi connectivity index (χ0v) is 8.81. The molecule has 2 aliphatic rings. The van der Waals surface area contributed by atoms with Crippen LogP contribution in [0.5, 0.6) is 0 Å². The summed E-state index contributed by atoms with van der Waals surface area (Å²) in [5.41, 5.74) is 1.71. The van der Waals surface area contributed by atoms with Gasteiger partial charge in [0.1, 0.15) is 0 Å². The average Bonchev–Trinajstić information content (AvgIpc) is 2.76. The summed E-state index contributed by atoms with van der Waals surface area (Å²) in [6, 6.07) is 0. The van der Waals surface area contributed by atoms with Crippen molar-refractivity contribution in [2.24, 2.45) is 11.3 Å². The van der Waals surface area contributed by atoms with Crippen LogP contribution in [0.2, 0.25) is 0 Å². The Kier molecular flexibility index (Phi) is 3.41. The second-order valence-corrected chi connectivity index (χ2v) is 4.78. The Morgan fingerprint density at radius 2 is 2.00 bits per heavy atom. The molecule has 0 bridgehead atoms. The van der Waals surface area contributed by atoms with Crippen LogP contribution >= 0.6 is 0 Å². The molecule has 2 fully saturated rings. The maximum atomic E-state index is 5.68. The van der Waals surface area contributed by atoms with E-state index in [4.69, 9.17) is 4.74 Å². The molecule has 0 aromatic rings. The fraction of sp³-hybridized carbons (Fsp3) is 0.846. The molecule has 0 amide bonds. The maximum Gasteiger partial charge on any atom is 0.0692 e. The quantitative estimate of drug-likeness (QED) is 0.621. The average molecular weight is 196 g/mol. The Bertz CT molecular complexity index is 211. The van der Waals surface area contributed by atoms with Gasteiger partial charge in [-0.25, -0.2) is 0 Å². The molecule has 0 N–H and O–H groups in total. The van der Waals surface area contributed by atoms with Crippen LogP contribution in [-0.2, 0) is 4.74 Å². The molecule has 1 unspecified atom stereocenters. The van der Waals surface area contributed by atoms with Crippen LogP contribution in [0.4, 0.5) is 0 Å². The second-order valence-electron chi connectivity index (χ2n) is 4.78. The van der Waals surface area contributed by atoms with Crippen molar-refractivity contribution in [1.29, 1.82) is 0 Å². The lowest BCUT2D eigenvalue weighted by atomic mass is 9.73. The number of rotatable bonds is 4. The lowest BCUT2D eigenvalue weighted by Crippen LogP contribution is -2.37. The van der Waals surface area contributed by atoms with Crippen molar-refractivity contribution in [1.82, 2.24) is 0 Å². The highest BCUT2D eigenvalue weighted by molar-refractivity contribution is 5.21. The third-order valence-electron chi connectivity index (χ3n) is 4.02. The van der Waals surface area contributed by atoms with E-state index >= 15 is 0 Å². The zero-order chi connectivity index (χ0) is 9.47. The molecule has 0 spiro atoms. The second kappa shape index (κ2) is 4.06. The molecule has 0 aromatic carbocycles. The first kappa shape index (κ1) is 11.8. The lowest BCUT2D eigenvalue weighted by molar-refractivity contribution is -0.0206. The monoisotopic (exact) mass is 196 g/mol. The molecule has 2 saturated carbocycles. The normalized spacial score (nSPS) is 25.9. The predicted octanol–water partition coefficient (Wildman–Crippen LogP) is 3.79. The van der Waals surface area contributed by atoms with Gasteiger partial charge in [-0.15, -0.1) is 0 Å². The van der Waals surface area contributed by atoms with Crippen LogP contribution in [-0.4, -0.2) is 13.2 Å². The van der Waals surface area contributed by atoms with Crippen molar-refractivity contribution in [3.63, 3.8) is 0 Å². The standard InChI is InChI=1S/C12H20O.CH4/c1-9(2)12(7-8-12)11(13-3)10-5-4-6-10;/h10-11H,1,4-8H2,2-3H3;1H4. The number of ether oxygens (including phenoxy) is 1. The van der Waals surface area contributed by atoms with E-state index in [9.17, 15) is 0 Å². The molecule has 0 radical (unpaired) electrons. The summed E-state index contributed by atoms with van der Waals surface area (Å²) in [5.74, 6) is 0.823. The van der Waals surface area contributed by atoms with Gasteiger partial charge in [-0.2, -0.15) is 0 Å². The van der Waals surface area contributed by atoms with E-state index in [1.807, 2.05) is 7.11 Å². The van der Waals surface area contributed by atoms with Crippen LogP contribution in [0.1, 0.15) is 46.5 Å². The minimum Gasteiger partial charge on any atom is -0.380 e. The summed E-state index contributed by atoms with van der Waals surface area (Å²) < 4.78 is 5.68. The van der Waals surface area contributed by atoms with Gasteiger partial charge in [0.05, 0.1) is 6.10 Å². The number of methoxy groups -OCH3 is 1. The topological polar surface area (TPSA) is 9.23 Å². The predicted molar refractivity (Wildman–Crippen MR) is 61.4 cm³/mol. The maximum absolute atomic E-state index is 5.68. The third kappa shape index (κ3) is 1.63. The Morgan fingerprint density at radius 3 is 2.21 bits per heavy atom. The Balaban J connectivity index is 0.000000980. The number of hydrogen-bond donors (Lipinski definition) is 0. The highest BCUT2D eigenvalue weighted by atomic mass is 16.5. The van der Waals surface area contributed by atoms with Gasteiger partial charge >= 0.3 is 0 Å². The van der Waals surface area contributed by atoms with E-state index in [-0.39, 0.29) is 7.43 Å². The van der Waals surface area contributed by atoms with Crippen LogP contribution in [0.15, 0.2) is 12.2 Å². The zero-order valence-electron chi connectivity index (χ0n) is 8.81. The van der Waals surface area contributed by atoms with Gasteiger partial charge in [0.2, 0.25) is 0 Å². The molecule has 2 aliphatic carbocycles. The molecule has 0 saturated heterocycles. The van der Waals surface area contributed by atoms with Gasteiger partial charge in [-0.3, -0.25) is 0 Å². The van der Waals surface area contributed by atoms with Crippen molar-refractivity contribution >= 4 is 0 Å². The van der Waals surface area contributed by atoms with Gasteiger partial charge in [-0.05, 0) is 38.5 Å². The highest BCUT2D eigenvalue weighted by Crippen LogP contribution is 2.58. The third-order valence-corrected chi connectivity index (χ3v) is 4.02. The van der Waals surface area contributed by atoms with E-state index in [0.717, 1.165) is 5.92 Å². The molecule has 0 aromatic heterocycles. The van der Waals surface area contributed by atoms with E-state index in [0.29, 0.717) is 11.5 Å². The van der Waals surface area contributed by atoms with Crippen LogP contribution < -0.4 is 0 Å². The summed E-state index contributed by atoms with van der Waals surface area (Å²) in [6.07, 6.45) is 7.21. The minimum absolute atomic E-state index is 0. The molecule has 1 heteroatoms. The van der Waals surface area contributed by atoms with Gasteiger partial charge in [0.25, 0.3) is 0 Å². The molecule has 1 nitrogen and oxygen atoms in total. The lowest BCUT2D eigenvalue weighted by Gasteiger charge is -2.38. The summed E-state index contributed by atoms with van der Waals surface area (Å²) in [7, 11) is 1.87. The summed E-state index contributed by atoms with van der Waals surface area (Å²) >= 11 is 0. The van der Waals surface area contributed by atoms with Crippen LogP contribution in [0, 0.1) is 11.3 Å². The first-order valence-corrected chi connectivity index (χ1v) is 5.39. The van der Waals surface area contributed by atoms with Gasteiger partial charge in [0, 0.05) is 12.5 Å². The first-order valence-electron chi connectivity index (χ1n) is 5.39. The summed E-state index contributed by atoms with van der Waals surface area (Å²) in [4.78, 5) is 0. The van der Waals surface area contributed by atoms with Crippen LogP contribution in [0.25, 0.3) is 0 Å². The highest BCUT2D eigenvalue weighted by Gasteiger charge is 2.53. The van der Waals surface area contributed by atoms with Crippen molar-refractivity contribution in [2.45, 2.75) is 52.6 Å². The minimum atomic E-state index is 0. The van der Waals surface area contributed by atoms with E-state index in [1.165, 1.54) is 37.7 Å². The molecule has 14 heavy (non-hydrogen) atoms. The first-order chi connectivity index (χ1) is 6.20. The van der Waals surface area contributed by atoms with E-state index in [2.05, 4.69) is 13.5 Å². The smallest absolute Gasteiger partial charge is 0.0692 e.